The molecule has 1 atom stereocenters. The Morgan fingerprint density at radius 2 is 1.72 bits per heavy atom. The number of amides is 4. The van der Waals surface area contributed by atoms with Crippen molar-refractivity contribution in [3.63, 3.8) is 0 Å². The summed E-state index contributed by atoms with van der Waals surface area (Å²) >= 11 is 5.90. The summed E-state index contributed by atoms with van der Waals surface area (Å²) in [5.74, 6) is -2.15. The zero-order valence-corrected chi connectivity index (χ0v) is 14.8. The average Bonchev–Trinajstić information content (AvgIpc) is 2.51. The molecule has 0 aromatic heterocycles. The van der Waals surface area contributed by atoms with Crippen LogP contribution in [0.25, 0.3) is 0 Å². The fourth-order valence-electron chi connectivity index (χ4n) is 1.70. The maximum Gasteiger partial charge on any atom is 0.328 e. The number of carbonyl (C=O) groups excluding carboxylic acids is 4. The quantitative estimate of drug-likeness (QED) is 0.653. The van der Waals surface area contributed by atoms with E-state index in [1.54, 1.807) is 32.0 Å². The van der Waals surface area contributed by atoms with Gasteiger partial charge in [0.05, 0.1) is 10.6 Å². The highest BCUT2D eigenvalue weighted by molar-refractivity contribution is 6.33. The maximum atomic E-state index is 12.0. The summed E-state index contributed by atoms with van der Waals surface area (Å²) in [5.41, 5.74) is 0.215. The number of rotatable bonds is 6. The van der Waals surface area contributed by atoms with E-state index in [2.05, 4.69) is 10.6 Å². The van der Waals surface area contributed by atoms with Crippen molar-refractivity contribution in [1.29, 1.82) is 0 Å². The first-order valence-electron chi connectivity index (χ1n) is 7.53. The number of hydrogen-bond acceptors (Lipinski definition) is 5. The lowest BCUT2D eigenvalue weighted by Gasteiger charge is -2.14. The molecule has 25 heavy (non-hydrogen) atoms. The predicted molar refractivity (Wildman–Crippen MR) is 91.1 cm³/mol. The van der Waals surface area contributed by atoms with Gasteiger partial charge in [0.25, 0.3) is 11.8 Å². The minimum Gasteiger partial charge on any atom is -0.454 e. The molecule has 0 aliphatic rings. The third kappa shape index (κ3) is 7.21. The molecule has 0 aliphatic heterocycles. The number of hydrogen-bond donors (Lipinski definition) is 3. The van der Waals surface area contributed by atoms with Gasteiger partial charge in [0.15, 0.2) is 6.61 Å². The summed E-state index contributed by atoms with van der Waals surface area (Å²) in [6.45, 7) is 4.22. The van der Waals surface area contributed by atoms with Crippen molar-refractivity contribution < 1.29 is 23.9 Å². The van der Waals surface area contributed by atoms with E-state index in [4.69, 9.17) is 16.3 Å². The Labute approximate surface area is 150 Å². The minimum atomic E-state index is -0.999. The van der Waals surface area contributed by atoms with Crippen LogP contribution in [-0.2, 0) is 14.3 Å². The summed E-state index contributed by atoms with van der Waals surface area (Å²) in [6, 6.07) is 4.54. The zero-order chi connectivity index (χ0) is 19.0. The third-order valence-corrected chi connectivity index (χ3v) is 3.17. The van der Waals surface area contributed by atoms with Gasteiger partial charge in [-0.15, -0.1) is 0 Å². The molecule has 1 unspecified atom stereocenters. The zero-order valence-electron chi connectivity index (χ0n) is 14.1. The van der Waals surface area contributed by atoms with Gasteiger partial charge in [0.1, 0.15) is 6.04 Å². The van der Waals surface area contributed by atoms with Crippen LogP contribution in [0.15, 0.2) is 24.3 Å². The molecule has 3 N–H and O–H groups in total. The lowest BCUT2D eigenvalue weighted by molar-refractivity contribution is -0.149. The summed E-state index contributed by atoms with van der Waals surface area (Å²) in [7, 11) is 0. The highest BCUT2D eigenvalue weighted by Crippen LogP contribution is 2.14. The predicted octanol–water partition coefficient (Wildman–Crippen LogP) is 1.24. The molecule has 8 nitrogen and oxygen atoms in total. The average molecular weight is 370 g/mol. The van der Waals surface area contributed by atoms with E-state index in [0.29, 0.717) is 0 Å². The molecule has 1 aromatic carbocycles. The summed E-state index contributed by atoms with van der Waals surface area (Å²) < 4.78 is 4.76. The van der Waals surface area contributed by atoms with Crippen LogP contribution in [0.1, 0.15) is 31.1 Å². The molecular formula is C16H20ClN3O5. The Balaban J connectivity index is 2.44. The van der Waals surface area contributed by atoms with Gasteiger partial charge in [-0.3, -0.25) is 14.9 Å². The Hall–Kier alpha value is -2.61. The van der Waals surface area contributed by atoms with Gasteiger partial charge in [-0.05, 0) is 32.9 Å². The minimum absolute atomic E-state index is 0.143. The molecular weight excluding hydrogens is 350 g/mol. The van der Waals surface area contributed by atoms with Crippen molar-refractivity contribution in [2.75, 3.05) is 6.61 Å². The monoisotopic (exact) mass is 369 g/mol. The second-order valence-electron chi connectivity index (χ2n) is 5.46. The number of esters is 1. The van der Waals surface area contributed by atoms with Gasteiger partial charge < -0.3 is 15.4 Å². The lowest BCUT2D eigenvalue weighted by Crippen LogP contribution is -2.45. The highest BCUT2D eigenvalue weighted by atomic mass is 35.5. The molecule has 9 heteroatoms. The highest BCUT2D eigenvalue weighted by Gasteiger charge is 2.20. The van der Waals surface area contributed by atoms with Crippen LogP contribution in [0, 0.1) is 0 Å². The van der Waals surface area contributed by atoms with Crippen molar-refractivity contribution in [2.24, 2.45) is 0 Å². The second-order valence-corrected chi connectivity index (χ2v) is 5.87. The van der Waals surface area contributed by atoms with Crippen LogP contribution in [0.4, 0.5) is 4.79 Å². The van der Waals surface area contributed by atoms with Crippen molar-refractivity contribution in [2.45, 2.75) is 32.9 Å². The van der Waals surface area contributed by atoms with Crippen LogP contribution < -0.4 is 16.0 Å². The van der Waals surface area contributed by atoms with Crippen molar-refractivity contribution in [3.05, 3.63) is 34.9 Å². The van der Waals surface area contributed by atoms with Gasteiger partial charge in [0.2, 0.25) is 0 Å². The van der Waals surface area contributed by atoms with E-state index in [1.807, 2.05) is 5.32 Å². The molecule has 1 rings (SSSR count). The summed E-state index contributed by atoms with van der Waals surface area (Å²) in [5, 5.41) is 7.13. The molecule has 0 saturated carbocycles. The second kappa shape index (κ2) is 9.63. The molecule has 0 fully saturated rings. The molecule has 4 amide bonds. The molecule has 0 bridgehead atoms. The standard InChI is InChI=1S/C16H20ClN3O5/c1-9(2)18-16(24)20-13(21)8-25-15(23)10(3)19-14(22)11-6-4-5-7-12(11)17/h4-7,9-10H,8H2,1-3H3,(H,19,22)(H2,18,20,21,24). The molecule has 1 aromatic rings. The van der Waals surface area contributed by atoms with E-state index in [-0.39, 0.29) is 16.6 Å². The van der Waals surface area contributed by atoms with E-state index in [0.717, 1.165) is 0 Å². The molecule has 0 saturated heterocycles. The fourth-order valence-corrected chi connectivity index (χ4v) is 1.92. The fraction of sp³-hybridized carbons (Fsp3) is 0.375. The van der Waals surface area contributed by atoms with E-state index < -0.39 is 36.5 Å². The SMILES string of the molecule is CC(C)NC(=O)NC(=O)COC(=O)C(C)NC(=O)c1ccccc1Cl. The van der Waals surface area contributed by atoms with Gasteiger partial charge in [-0.2, -0.15) is 0 Å². The summed E-state index contributed by atoms with van der Waals surface area (Å²) in [4.78, 5) is 46.7. The van der Waals surface area contributed by atoms with Crippen molar-refractivity contribution in [3.8, 4) is 0 Å². The summed E-state index contributed by atoms with van der Waals surface area (Å²) in [6.07, 6.45) is 0. The Kier molecular flexibility index (Phi) is 7.87. The first kappa shape index (κ1) is 20.4. The van der Waals surface area contributed by atoms with Crippen molar-refractivity contribution in [1.82, 2.24) is 16.0 Å². The van der Waals surface area contributed by atoms with Crippen LogP contribution in [0.3, 0.4) is 0 Å². The van der Waals surface area contributed by atoms with Gasteiger partial charge in [-0.25, -0.2) is 9.59 Å². The first-order valence-corrected chi connectivity index (χ1v) is 7.91. The first-order chi connectivity index (χ1) is 11.7. The normalized spacial score (nSPS) is 11.4. The van der Waals surface area contributed by atoms with Crippen LogP contribution >= 0.6 is 11.6 Å². The Bertz CT molecular complexity index is 663. The number of nitrogens with one attached hydrogen (secondary N) is 3. The maximum absolute atomic E-state index is 12.0. The van der Waals surface area contributed by atoms with E-state index >= 15 is 0 Å². The van der Waals surface area contributed by atoms with Gasteiger partial charge in [-0.1, -0.05) is 23.7 Å². The Morgan fingerprint density at radius 1 is 1.08 bits per heavy atom. The smallest absolute Gasteiger partial charge is 0.328 e. The topological polar surface area (TPSA) is 114 Å². The third-order valence-electron chi connectivity index (χ3n) is 2.84. The van der Waals surface area contributed by atoms with Gasteiger partial charge in [0, 0.05) is 6.04 Å². The molecule has 0 radical (unpaired) electrons. The van der Waals surface area contributed by atoms with Crippen LogP contribution in [0.5, 0.6) is 0 Å². The number of ether oxygens (including phenoxy) is 1. The van der Waals surface area contributed by atoms with Crippen LogP contribution in [0.2, 0.25) is 5.02 Å². The lowest BCUT2D eigenvalue weighted by atomic mass is 10.2. The number of urea groups is 1. The number of halogens is 1. The Morgan fingerprint density at radius 3 is 2.32 bits per heavy atom. The number of carbonyl (C=O) groups is 4. The van der Waals surface area contributed by atoms with E-state index in [9.17, 15) is 19.2 Å². The number of imide groups is 1. The number of benzene rings is 1. The molecule has 0 heterocycles. The molecule has 136 valence electrons. The largest absolute Gasteiger partial charge is 0.454 e. The van der Waals surface area contributed by atoms with E-state index in [1.165, 1.54) is 13.0 Å². The molecule has 0 spiro atoms. The van der Waals surface area contributed by atoms with Crippen molar-refractivity contribution >= 4 is 35.4 Å². The van der Waals surface area contributed by atoms with Gasteiger partial charge >= 0.3 is 12.0 Å². The van der Waals surface area contributed by atoms with Crippen LogP contribution in [-0.4, -0.2) is 42.5 Å². The molecule has 0 aliphatic carbocycles.